The zero-order valence-electron chi connectivity index (χ0n) is 17.0. The normalized spacial score (nSPS) is 13.0. The molecule has 0 aliphatic heterocycles. The van der Waals surface area contributed by atoms with E-state index in [9.17, 15) is 0 Å². The van der Waals surface area contributed by atoms with E-state index in [1.54, 1.807) is 0 Å². The number of allylic oxidation sites excluding steroid dienone is 1. The van der Waals surface area contributed by atoms with Crippen LogP contribution < -0.4 is 0 Å². The summed E-state index contributed by atoms with van der Waals surface area (Å²) in [5, 5.41) is 0. The van der Waals surface area contributed by atoms with Crippen molar-refractivity contribution < 1.29 is 4.39 Å². The molecule has 0 radical (unpaired) electrons. The molecule has 0 nitrogen and oxygen atoms in total. The van der Waals surface area contributed by atoms with Crippen molar-refractivity contribution in [2.75, 3.05) is 0 Å². The van der Waals surface area contributed by atoms with Crippen LogP contribution in [0.4, 0.5) is 4.39 Å². The van der Waals surface area contributed by atoms with Gasteiger partial charge in [-0.15, -0.1) is 0 Å². The minimum absolute atomic E-state index is 0.431. The number of rotatable bonds is 13. The first-order chi connectivity index (χ1) is 12.1. The van der Waals surface area contributed by atoms with Crippen LogP contribution in [-0.2, 0) is 6.42 Å². The van der Waals surface area contributed by atoms with Crippen LogP contribution in [0.5, 0.6) is 0 Å². The fourth-order valence-electron chi connectivity index (χ4n) is 3.79. The van der Waals surface area contributed by atoms with Crippen molar-refractivity contribution in [3.63, 3.8) is 0 Å². The second kappa shape index (κ2) is 12.9. The molecular weight excluding hydrogens is 414 g/mol. The third-order valence-corrected chi connectivity index (χ3v) is 20.6. The van der Waals surface area contributed by atoms with E-state index in [1.165, 1.54) is 57.4 Å². The summed E-state index contributed by atoms with van der Waals surface area (Å²) in [5.74, 6) is 0. The molecule has 1 aromatic carbocycles. The number of halogens is 1. The summed E-state index contributed by atoms with van der Waals surface area (Å²) in [6, 6.07) is 10.5. The summed E-state index contributed by atoms with van der Waals surface area (Å²) in [6.45, 7) is 8.83. The molecule has 0 N–H and O–H groups in total. The van der Waals surface area contributed by atoms with Crippen molar-refractivity contribution in [2.45, 2.75) is 92.4 Å². The molecule has 0 aliphatic carbocycles. The molecule has 0 aliphatic rings. The van der Waals surface area contributed by atoms with Gasteiger partial charge in [0.2, 0.25) is 0 Å². The zero-order valence-corrected chi connectivity index (χ0v) is 19.9. The molecule has 1 rings (SSSR count). The van der Waals surface area contributed by atoms with Gasteiger partial charge in [-0.05, 0) is 0 Å². The van der Waals surface area contributed by atoms with Crippen LogP contribution in [0.3, 0.4) is 0 Å². The van der Waals surface area contributed by atoms with Gasteiger partial charge in [0.25, 0.3) is 0 Å². The van der Waals surface area contributed by atoms with E-state index in [0.29, 0.717) is 3.84 Å². The van der Waals surface area contributed by atoms with Gasteiger partial charge in [-0.25, -0.2) is 0 Å². The van der Waals surface area contributed by atoms with Gasteiger partial charge in [0.15, 0.2) is 0 Å². The molecule has 0 saturated carbocycles. The average molecular weight is 453 g/mol. The fraction of sp³-hybridized carbons (Fsp3) is 0.652. The van der Waals surface area contributed by atoms with Crippen LogP contribution in [0.1, 0.15) is 78.2 Å². The number of unbranched alkanes of at least 4 members (excludes halogenated alkanes) is 3. The third kappa shape index (κ3) is 7.84. The monoisotopic (exact) mass is 454 g/mol. The molecule has 2 heteroatoms. The maximum atomic E-state index is 15.8. The van der Waals surface area contributed by atoms with E-state index >= 15 is 4.39 Å². The Balaban J connectivity index is 2.96. The molecule has 0 aromatic heterocycles. The Morgan fingerprint density at radius 1 is 0.840 bits per heavy atom. The molecule has 0 unspecified atom stereocenters. The fourth-order valence-corrected chi connectivity index (χ4v) is 19.6. The van der Waals surface area contributed by atoms with Crippen LogP contribution in [0.15, 0.2) is 39.7 Å². The Bertz CT molecular complexity index is 470. The van der Waals surface area contributed by atoms with Gasteiger partial charge in [-0.1, -0.05) is 0 Å². The molecule has 25 heavy (non-hydrogen) atoms. The number of aryl methyl sites for hydroxylation is 1. The van der Waals surface area contributed by atoms with E-state index in [2.05, 4.69) is 58.0 Å². The Kier molecular flexibility index (Phi) is 11.8. The molecule has 0 amide bonds. The van der Waals surface area contributed by atoms with Crippen molar-refractivity contribution in [3.05, 3.63) is 45.3 Å². The van der Waals surface area contributed by atoms with Crippen LogP contribution in [-0.4, -0.2) is 18.4 Å². The Hall–Kier alpha value is -0.311. The summed E-state index contributed by atoms with van der Waals surface area (Å²) in [4.78, 5) is 0. The van der Waals surface area contributed by atoms with Crippen LogP contribution in [0.2, 0.25) is 13.3 Å². The standard InChI is InChI=1S/C11H12F.3C4H9.Sn/c1-10(9-12)7-8-11-5-3-2-4-6-11;3*1-3-4-2;/h2-6H,7-8H2,1H3;3*1,3-4H2,2H3;. The third-order valence-electron chi connectivity index (χ3n) is 5.50. The quantitative estimate of drug-likeness (QED) is 0.264. The van der Waals surface area contributed by atoms with E-state index in [-0.39, 0.29) is 0 Å². The zero-order chi connectivity index (χ0) is 18.5. The molecule has 0 saturated heterocycles. The predicted octanol–water partition coefficient (Wildman–Crippen LogP) is 8.25. The van der Waals surface area contributed by atoms with Gasteiger partial charge in [-0.3, -0.25) is 0 Å². The van der Waals surface area contributed by atoms with Crippen LogP contribution in [0.25, 0.3) is 0 Å². The maximum absolute atomic E-state index is 15.8. The summed E-state index contributed by atoms with van der Waals surface area (Å²) >= 11 is -2.84. The van der Waals surface area contributed by atoms with Gasteiger partial charge in [0.05, 0.1) is 0 Å². The van der Waals surface area contributed by atoms with Gasteiger partial charge >= 0.3 is 160 Å². The van der Waals surface area contributed by atoms with Crippen molar-refractivity contribution in [1.82, 2.24) is 0 Å². The molecule has 142 valence electrons. The first-order valence-electron chi connectivity index (χ1n) is 10.5. The molecule has 0 fully saturated rings. The Morgan fingerprint density at radius 2 is 1.32 bits per heavy atom. The molecule has 1 aromatic rings. The second-order valence-electron chi connectivity index (χ2n) is 7.67. The number of hydrogen-bond donors (Lipinski definition) is 0. The molecular formula is C23H39FSn. The molecule has 0 heterocycles. The number of hydrogen-bond acceptors (Lipinski definition) is 0. The van der Waals surface area contributed by atoms with Crippen LogP contribution >= 0.6 is 0 Å². The SMILES string of the molecule is CCC[CH2][Sn]([CH2]CCC)([CH2]CCC)/[C](F)=C(\C)CCc1ccccc1. The van der Waals surface area contributed by atoms with Crippen molar-refractivity contribution >= 4 is 18.4 Å². The van der Waals surface area contributed by atoms with Gasteiger partial charge < -0.3 is 0 Å². The van der Waals surface area contributed by atoms with Crippen molar-refractivity contribution in [1.29, 1.82) is 0 Å². The van der Waals surface area contributed by atoms with E-state index in [0.717, 1.165) is 18.4 Å². The van der Waals surface area contributed by atoms with Gasteiger partial charge in [0.1, 0.15) is 0 Å². The summed E-state index contributed by atoms with van der Waals surface area (Å²) in [5.41, 5.74) is 2.40. The van der Waals surface area contributed by atoms with Crippen LogP contribution in [0, 0.1) is 0 Å². The van der Waals surface area contributed by atoms with Crippen molar-refractivity contribution in [2.24, 2.45) is 0 Å². The number of benzene rings is 1. The first-order valence-corrected chi connectivity index (χ1v) is 18.0. The van der Waals surface area contributed by atoms with Gasteiger partial charge in [-0.2, -0.15) is 0 Å². The minimum atomic E-state index is -2.84. The predicted molar refractivity (Wildman–Crippen MR) is 113 cm³/mol. The summed E-state index contributed by atoms with van der Waals surface area (Å²) in [7, 11) is 0. The van der Waals surface area contributed by atoms with E-state index in [1.807, 2.05) is 0 Å². The average Bonchev–Trinajstić information content (AvgIpc) is 2.66. The van der Waals surface area contributed by atoms with Gasteiger partial charge in [0, 0.05) is 0 Å². The van der Waals surface area contributed by atoms with E-state index in [4.69, 9.17) is 0 Å². The first kappa shape index (κ1) is 22.7. The van der Waals surface area contributed by atoms with E-state index < -0.39 is 18.4 Å². The Labute approximate surface area is 160 Å². The van der Waals surface area contributed by atoms with Crippen molar-refractivity contribution in [3.8, 4) is 0 Å². The Morgan fingerprint density at radius 3 is 1.76 bits per heavy atom. The summed E-state index contributed by atoms with van der Waals surface area (Å²) < 4.78 is 19.9. The summed E-state index contributed by atoms with van der Waals surface area (Å²) in [6.07, 6.45) is 9.14. The molecule has 0 bridgehead atoms. The second-order valence-corrected chi connectivity index (χ2v) is 20.5. The molecule has 0 atom stereocenters. The topological polar surface area (TPSA) is 0 Å². The molecule has 0 spiro atoms.